The van der Waals surface area contributed by atoms with E-state index in [-0.39, 0.29) is 42.1 Å². The van der Waals surface area contributed by atoms with E-state index in [0.717, 1.165) is 48.1 Å². The lowest BCUT2D eigenvalue weighted by Gasteiger charge is -2.32. The van der Waals surface area contributed by atoms with E-state index in [4.69, 9.17) is 15.6 Å². The van der Waals surface area contributed by atoms with Gasteiger partial charge >= 0.3 is 6.18 Å². The molecule has 4 aromatic rings. The highest BCUT2D eigenvalue weighted by molar-refractivity contribution is 5.97. The fourth-order valence-electron chi connectivity index (χ4n) is 6.01. The molecule has 2 aliphatic rings. The lowest BCUT2D eigenvalue weighted by Crippen LogP contribution is -2.40. The molecule has 0 spiro atoms. The smallest absolute Gasteiger partial charge is 0.379 e. The van der Waals surface area contributed by atoms with Crippen molar-refractivity contribution in [2.75, 3.05) is 44.3 Å². The zero-order chi connectivity index (χ0) is 36.7. The molecule has 51 heavy (non-hydrogen) atoms. The van der Waals surface area contributed by atoms with Crippen molar-refractivity contribution in [3.8, 4) is 5.69 Å². The van der Waals surface area contributed by atoms with E-state index in [1.165, 1.54) is 18.2 Å². The number of alkyl halides is 3. The fourth-order valence-corrected chi connectivity index (χ4v) is 6.01. The number of benzene rings is 3. The molecule has 1 fully saturated rings. The molecule has 268 valence electrons. The van der Waals surface area contributed by atoms with Crippen molar-refractivity contribution < 1.29 is 36.7 Å². The molecule has 3 heterocycles. The number of morpholine rings is 1. The third-order valence-corrected chi connectivity index (χ3v) is 8.58. The zero-order valence-corrected chi connectivity index (χ0v) is 28.0. The maximum absolute atomic E-state index is 13.7. The molecular weight excluding hydrogens is 668 g/mol. The van der Waals surface area contributed by atoms with Crippen molar-refractivity contribution in [2.24, 2.45) is 5.73 Å². The minimum absolute atomic E-state index is 0.0270. The molecule has 0 bridgehead atoms. The Labute approximate surface area is 292 Å². The van der Waals surface area contributed by atoms with Crippen LogP contribution in [0.15, 0.2) is 91.0 Å². The molecular formula is C37H38F4N6O4. The van der Waals surface area contributed by atoms with Gasteiger partial charge in [0, 0.05) is 55.2 Å². The number of aromatic nitrogens is 2. The first-order chi connectivity index (χ1) is 24.4. The largest absolute Gasteiger partial charge is 0.416 e. The summed E-state index contributed by atoms with van der Waals surface area (Å²) in [4.78, 5) is 40.7. The Bertz CT molecular complexity index is 1870. The standard InChI is InChI=1S/C29H32FN5O3.C8H6F3NO/c1-3-34-26(36)17-24(21-9-11-22(30)12-10-21)27-25(32-35(29(27)34)23-7-5-4-6-8-23)18-31-28(37)20(2)19-33-13-15-38-16-14-33;9-8(10,11)6-3-1-2-5(4-6)7(12)13/h4-12,24H,2-3,13-19H2,1H3,(H,31,37);1-4H,(H2,12,13). The van der Waals surface area contributed by atoms with Crippen LogP contribution in [0.2, 0.25) is 0 Å². The van der Waals surface area contributed by atoms with Crippen molar-refractivity contribution in [3.63, 3.8) is 0 Å². The molecule has 0 radical (unpaired) electrons. The number of amides is 3. The van der Waals surface area contributed by atoms with Crippen LogP contribution in [0.3, 0.4) is 0 Å². The summed E-state index contributed by atoms with van der Waals surface area (Å²) in [5, 5.41) is 7.91. The quantitative estimate of drug-likeness (QED) is 0.182. The number of hydrogen-bond donors (Lipinski definition) is 2. The molecule has 3 N–H and O–H groups in total. The van der Waals surface area contributed by atoms with Gasteiger partial charge in [0.1, 0.15) is 11.6 Å². The highest BCUT2D eigenvalue weighted by Gasteiger charge is 2.38. The number of carbonyl (C=O) groups excluding carboxylic acids is 3. The normalized spacial score (nSPS) is 16.1. The van der Waals surface area contributed by atoms with E-state index in [2.05, 4.69) is 16.8 Å². The number of nitrogens with one attached hydrogen (secondary N) is 1. The summed E-state index contributed by atoms with van der Waals surface area (Å²) in [5.41, 5.74) is 7.44. The Morgan fingerprint density at radius 2 is 1.71 bits per heavy atom. The summed E-state index contributed by atoms with van der Waals surface area (Å²) in [6, 6.07) is 19.8. The Morgan fingerprint density at radius 3 is 2.33 bits per heavy atom. The lowest BCUT2D eigenvalue weighted by molar-refractivity contribution is -0.137. The van der Waals surface area contributed by atoms with Crippen molar-refractivity contribution in [1.29, 1.82) is 0 Å². The lowest BCUT2D eigenvalue weighted by atomic mass is 9.84. The highest BCUT2D eigenvalue weighted by atomic mass is 19.4. The number of para-hydroxylation sites is 1. The topological polar surface area (TPSA) is 123 Å². The van der Waals surface area contributed by atoms with Crippen LogP contribution in [0, 0.1) is 5.82 Å². The third kappa shape index (κ3) is 8.88. The van der Waals surface area contributed by atoms with Crippen molar-refractivity contribution >= 4 is 23.5 Å². The average molecular weight is 707 g/mol. The van der Waals surface area contributed by atoms with Crippen molar-refractivity contribution in [2.45, 2.75) is 32.0 Å². The summed E-state index contributed by atoms with van der Waals surface area (Å²) < 4.78 is 57.1. The summed E-state index contributed by atoms with van der Waals surface area (Å²) >= 11 is 0. The number of halogens is 4. The van der Waals surface area contributed by atoms with Crippen LogP contribution in [-0.4, -0.2) is 71.8 Å². The number of ether oxygens (including phenoxy) is 1. The van der Waals surface area contributed by atoms with Gasteiger partial charge in [-0.25, -0.2) is 9.07 Å². The van der Waals surface area contributed by atoms with Gasteiger partial charge in [-0.3, -0.25) is 24.2 Å². The van der Waals surface area contributed by atoms with E-state index in [0.29, 0.717) is 43.4 Å². The first-order valence-corrected chi connectivity index (χ1v) is 16.3. The Kier molecular flexibility index (Phi) is 11.7. The van der Waals surface area contributed by atoms with E-state index >= 15 is 0 Å². The number of anilines is 1. The van der Waals surface area contributed by atoms with E-state index in [9.17, 15) is 31.9 Å². The maximum atomic E-state index is 13.7. The van der Waals surface area contributed by atoms with Crippen LogP contribution >= 0.6 is 0 Å². The summed E-state index contributed by atoms with van der Waals surface area (Å²) in [6.07, 6.45) is -4.21. The van der Waals surface area contributed by atoms with Crippen molar-refractivity contribution in [3.05, 3.63) is 125 Å². The highest BCUT2D eigenvalue weighted by Crippen LogP contribution is 2.43. The summed E-state index contributed by atoms with van der Waals surface area (Å²) in [5.74, 6) is -1.11. The molecule has 3 amide bonds. The predicted octanol–water partition coefficient (Wildman–Crippen LogP) is 5.21. The Hall–Kier alpha value is -5.34. The molecule has 0 saturated carbocycles. The van der Waals surface area contributed by atoms with Gasteiger partial charge in [0.2, 0.25) is 17.7 Å². The fraction of sp³-hybridized carbons (Fsp3) is 0.297. The van der Waals surface area contributed by atoms with Gasteiger partial charge in [-0.15, -0.1) is 0 Å². The zero-order valence-electron chi connectivity index (χ0n) is 28.0. The van der Waals surface area contributed by atoms with Crippen LogP contribution in [0.4, 0.5) is 23.4 Å². The average Bonchev–Trinajstić information content (AvgIpc) is 3.50. The second kappa shape index (κ2) is 16.1. The van der Waals surface area contributed by atoms with E-state index in [1.54, 1.807) is 21.7 Å². The summed E-state index contributed by atoms with van der Waals surface area (Å²) in [7, 11) is 0. The number of fused-ring (bicyclic) bond motifs is 1. The van der Waals surface area contributed by atoms with Gasteiger partial charge in [0.25, 0.3) is 0 Å². The second-order valence-corrected chi connectivity index (χ2v) is 12.0. The minimum Gasteiger partial charge on any atom is -0.379 e. The molecule has 1 aromatic heterocycles. The number of hydrogen-bond acceptors (Lipinski definition) is 6. The monoisotopic (exact) mass is 706 g/mol. The van der Waals surface area contributed by atoms with Gasteiger partial charge in [0.05, 0.1) is 36.7 Å². The first kappa shape index (κ1) is 36.9. The molecule has 1 saturated heterocycles. The molecule has 0 aliphatic carbocycles. The Morgan fingerprint density at radius 1 is 1.02 bits per heavy atom. The van der Waals surface area contributed by atoms with Crippen LogP contribution in [0.1, 0.15) is 52.0 Å². The molecule has 10 nitrogen and oxygen atoms in total. The van der Waals surface area contributed by atoms with Gasteiger partial charge < -0.3 is 15.8 Å². The van der Waals surface area contributed by atoms with Crippen LogP contribution < -0.4 is 16.0 Å². The number of rotatable bonds is 9. The van der Waals surface area contributed by atoms with Gasteiger partial charge in [-0.05, 0) is 55.0 Å². The molecule has 3 aromatic carbocycles. The van der Waals surface area contributed by atoms with Crippen LogP contribution in [0.25, 0.3) is 5.69 Å². The first-order valence-electron chi connectivity index (χ1n) is 16.3. The second-order valence-electron chi connectivity index (χ2n) is 12.0. The number of carbonyl (C=O) groups is 3. The Balaban J connectivity index is 0.000000328. The number of nitrogens with zero attached hydrogens (tertiary/aromatic N) is 4. The SMILES string of the molecule is C=C(CN1CCOCC1)C(=O)NCc1nn(-c2ccccc2)c2c1C(c1ccc(F)cc1)CC(=O)N2CC.NC(=O)c1cccc(C(F)(F)F)c1. The number of primary amides is 1. The van der Waals surface area contributed by atoms with Crippen LogP contribution in [-0.2, 0) is 27.0 Å². The minimum atomic E-state index is -4.44. The third-order valence-electron chi connectivity index (χ3n) is 8.58. The van der Waals surface area contributed by atoms with Crippen LogP contribution in [0.5, 0.6) is 0 Å². The molecule has 14 heteroatoms. The predicted molar refractivity (Wildman–Crippen MR) is 183 cm³/mol. The number of nitrogens with two attached hydrogens (primary N) is 1. The maximum Gasteiger partial charge on any atom is 0.416 e. The molecule has 1 unspecified atom stereocenters. The van der Waals surface area contributed by atoms with Gasteiger partial charge in [-0.1, -0.05) is 43.0 Å². The molecule has 1 atom stereocenters. The van der Waals surface area contributed by atoms with E-state index in [1.807, 2.05) is 37.3 Å². The molecule has 2 aliphatic heterocycles. The van der Waals surface area contributed by atoms with E-state index < -0.39 is 17.6 Å². The van der Waals surface area contributed by atoms with Crippen molar-refractivity contribution in [1.82, 2.24) is 20.0 Å². The van der Waals surface area contributed by atoms with Gasteiger partial charge in [0.15, 0.2) is 0 Å². The van der Waals surface area contributed by atoms with Gasteiger partial charge in [-0.2, -0.15) is 18.3 Å². The molecule has 6 rings (SSSR count). The summed E-state index contributed by atoms with van der Waals surface area (Å²) in [6.45, 7) is 9.88.